The average Bonchev–Trinajstić information content (AvgIpc) is 2.97. The average molecular weight is 305 g/mol. The number of thioether (sulfide) groups is 1. The van der Waals surface area contributed by atoms with Crippen LogP contribution in [0.15, 0.2) is 35.4 Å². The maximum absolute atomic E-state index is 12.4. The van der Waals surface area contributed by atoms with Crippen molar-refractivity contribution in [1.82, 2.24) is 14.3 Å². The summed E-state index contributed by atoms with van der Waals surface area (Å²) in [5, 5.41) is 9.11. The first kappa shape index (κ1) is 13.6. The van der Waals surface area contributed by atoms with Crippen LogP contribution in [-0.4, -0.2) is 48.9 Å². The van der Waals surface area contributed by atoms with Crippen LogP contribution in [0.2, 0.25) is 0 Å². The van der Waals surface area contributed by atoms with E-state index in [9.17, 15) is 14.4 Å². The van der Waals surface area contributed by atoms with Crippen LogP contribution >= 0.6 is 11.8 Å². The Hall–Kier alpha value is -2.35. The molecule has 21 heavy (non-hydrogen) atoms. The van der Waals surface area contributed by atoms with Crippen LogP contribution in [-0.2, 0) is 4.79 Å². The number of amides is 1. The Kier molecular flexibility index (Phi) is 3.38. The molecule has 0 radical (unpaired) electrons. The molecule has 108 valence electrons. The topological polar surface area (TPSA) is 92.0 Å². The largest absolute Gasteiger partial charge is 0.480 e. The number of carbonyl (C=O) groups excluding carboxylic acids is 1. The fourth-order valence-corrected chi connectivity index (χ4v) is 3.32. The van der Waals surface area contributed by atoms with Crippen molar-refractivity contribution < 1.29 is 14.7 Å². The Labute approximate surface area is 123 Å². The molecule has 8 heteroatoms. The van der Waals surface area contributed by atoms with Gasteiger partial charge in [0, 0.05) is 18.1 Å². The van der Waals surface area contributed by atoms with Gasteiger partial charge in [-0.1, -0.05) is 6.07 Å². The SMILES string of the molecule is O=C(O)[C@@H]1CSCN1C(=O)c1cnc2ccccn2c1=O. The summed E-state index contributed by atoms with van der Waals surface area (Å²) in [6, 6.07) is 4.15. The van der Waals surface area contributed by atoms with Crippen molar-refractivity contribution in [2.75, 3.05) is 11.6 Å². The van der Waals surface area contributed by atoms with E-state index < -0.39 is 23.5 Å². The van der Waals surface area contributed by atoms with Gasteiger partial charge in [0.25, 0.3) is 11.5 Å². The normalized spacial score (nSPS) is 18.1. The van der Waals surface area contributed by atoms with Crippen molar-refractivity contribution in [3.63, 3.8) is 0 Å². The number of hydrogen-bond donors (Lipinski definition) is 1. The van der Waals surface area contributed by atoms with E-state index in [1.807, 2.05) is 0 Å². The van der Waals surface area contributed by atoms with E-state index in [4.69, 9.17) is 5.11 Å². The highest BCUT2D eigenvalue weighted by Gasteiger charge is 2.36. The third kappa shape index (κ3) is 2.27. The minimum absolute atomic E-state index is 0.118. The standard InChI is InChI=1S/C13H11N3O4S/c17-11-8(5-14-10-3-1-2-4-15(10)11)12(18)16-7-21-6-9(16)13(19)20/h1-5,9H,6-7H2,(H,19,20)/t9-/m0/s1. The van der Waals surface area contributed by atoms with Crippen molar-refractivity contribution in [3.05, 3.63) is 46.5 Å². The second-order valence-corrected chi connectivity index (χ2v) is 5.53. The van der Waals surface area contributed by atoms with Gasteiger partial charge in [0.15, 0.2) is 0 Å². The Bertz CT molecular complexity index is 788. The second-order valence-electron chi connectivity index (χ2n) is 4.53. The van der Waals surface area contributed by atoms with Crippen molar-refractivity contribution in [2.45, 2.75) is 6.04 Å². The molecule has 1 N–H and O–H groups in total. The molecule has 0 aliphatic carbocycles. The van der Waals surface area contributed by atoms with Gasteiger partial charge in [-0.15, -0.1) is 11.8 Å². The third-order valence-corrected chi connectivity index (χ3v) is 4.28. The lowest BCUT2D eigenvalue weighted by Crippen LogP contribution is -2.43. The molecule has 1 aliphatic rings. The van der Waals surface area contributed by atoms with Gasteiger partial charge < -0.3 is 10.0 Å². The van der Waals surface area contributed by atoms with Gasteiger partial charge in [-0.3, -0.25) is 14.0 Å². The molecule has 7 nitrogen and oxygen atoms in total. The molecule has 1 fully saturated rings. The minimum Gasteiger partial charge on any atom is -0.480 e. The number of carbonyl (C=O) groups is 2. The van der Waals surface area contributed by atoms with Gasteiger partial charge in [0.1, 0.15) is 17.3 Å². The zero-order chi connectivity index (χ0) is 15.0. The van der Waals surface area contributed by atoms with Crippen molar-refractivity contribution in [2.24, 2.45) is 0 Å². The highest BCUT2D eigenvalue weighted by Crippen LogP contribution is 2.22. The molecule has 0 spiro atoms. The molecular weight excluding hydrogens is 294 g/mol. The first-order valence-electron chi connectivity index (χ1n) is 6.17. The zero-order valence-corrected chi connectivity index (χ0v) is 11.6. The number of carboxylic acids is 1. The summed E-state index contributed by atoms with van der Waals surface area (Å²) in [6.07, 6.45) is 2.73. The van der Waals surface area contributed by atoms with E-state index in [0.29, 0.717) is 11.4 Å². The van der Waals surface area contributed by atoms with E-state index in [0.717, 1.165) is 0 Å². The fraction of sp³-hybridized carbons (Fsp3) is 0.231. The van der Waals surface area contributed by atoms with E-state index in [-0.39, 0.29) is 11.4 Å². The van der Waals surface area contributed by atoms with Crippen LogP contribution in [0.1, 0.15) is 10.4 Å². The van der Waals surface area contributed by atoms with Crippen LogP contribution in [0.3, 0.4) is 0 Å². The lowest BCUT2D eigenvalue weighted by Gasteiger charge is -2.20. The van der Waals surface area contributed by atoms with Crippen LogP contribution < -0.4 is 5.56 Å². The number of carboxylic acid groups (broad SMARTS) is 1. The van der Waals surface area contributed by atoms with Gasteiger partial charge in [-0.2, -0.15) is 0 Å². The molecule has 3 rings (SSSR count). The van der Waals surface area contributed by atoms with Gasteiger partial charge in [0.05, 0.1) is 5.88 Å². The lowest BCUT2D eigenvalue weighted by atomic mass is 10.2. The summed E-state index contributed by atoms with van der Waals surface area (Å²) in [7, 11) is 0. The predicted molar refractivity (Wildman–Crippen MR) is 76.4 cm³/mol. The molecule has 1 aliphatic heterocycles. The number of aromatic nitrogens is 2. The number of fused-ring (bicyclic) bond motifs is 1. The quantitative estimate of drug-likeness (QED) is 0.857. The summed E-state index contributed by atoms with van der Waals surface area (Å²) in [5.41, 5.74) is -0.177. The zero-order valence-electron chi connectivity index (χ0n) is 10.8. The number of hydrogen-bond acceptors (Lipinski definition) is 5. The van der Waals surface area contributed by atoms with Crippen molar-refractivity contribution >= 4 is 29.3 Å². The highest BCUT2D eigenvalue weighted by atomic mass is 32.2. The van der Waals surface area contributed by atoms with Crippen molar-refractivity contribution in [3.8, 4) is 0 Å². The maximum Gasteiger partial charge on any atom is 0.327 e. The molecule has 0 aromatic carbocycles. The van der Waals surface area contributed by atoms with Crippen LogP contribution in [0, 0.1) is 0 Å². The van der Waals surface area contributed by atoms with Crippen LogP contribution in [0.5, 0.6) is 0 Å². The van der Waals surface area contributed by atoms with Crippen molar-refractivity contribution in [1.29, 1.82) is 0 Å². The Morgan fingerprint density at radius 2 is 2.19 bits per heavy atom. The first-order valence-corrected chi connectivity index (χ1v) is 7.33. The number of pyridine rings is 1. The summed E-state index contributed by atoms with van der Waals surface area (Å²) in [5.74, 6) is -1.08. The van der Waals surface area contributed by atoms with Gasteiger partial charge in [-0.05, 0) is 12.1 Å². The fourth-order valence-electron chi connectivity index (χ4n) is 2.18. The highest BCUT2D eigenvalue weighted by molar-refractivity contribution is 7.99. The van der Waals surface area contributed by atoms with Gasteiger partial charge in [-0.25, -0.2) is 9.78 Å². The molecule has 0 bridgehead atoms. The molecular formula is C13H11N3O4S. The molecule has 3 heterocycles. The summed E-state index contributed by atoms with van der Waals surface area (Å²) in [4.78, 5) is 41.1. The van der Waals surface area contributed by atoms with E-state index in [1.54, 1.807) is 18.2 Å². The minimum atomic E-state index is -1.07. The molecule has 0 unspecified atom stereocenters. The second kappa shape index (κ2) is 5.21. The molecule has 1 atom stereocenters. The van der Waals surface area contributed by atoms with E-state index in [2.05, 4.69) is 4.98 Å². The smallest absolute Gasteiger partial charge is 0.327 e. The summed E-state index contributed by atoms with van der Waals surface area (Å²) in [6.45, 7) is 0. The van der Waals surface area contributed by atoms with E-state index >= 15 is 0 Å². The third-order valence-electron chi connectivity index (χ3n) is 3.27. The summed E-state index contributed by atoms with van der Waals surface area (Å²) >= 11 is 1.35. The van der Waals surface area contributed by atoms with Crippen LogP contribution in [0.4, 0.5) is 0 Å². The Balaban J connectivity index is 2.04. The number of rotatable bonds is 2. The number of nitrogens with zero attached hydrogens (tertiary/aromatic N) is 3. The number of aliphatic carboxylic acids is 1. The predicted octanol–water partition coefficient (Wildman–Crippen LogP) is 0.294. The van der Waals surface area contributed by atoms with Gasteiger partial charge >= 0.3 is 5.97 Å². The Morgan fingerprint density at radius 1 is 1.38 bits per heavy atom. The van der Waals surface area contributed by atoms with Gasteiger partial charge in [0.2, 0.25) is 0 Å². The monoisotopic (exact) mass is 305 g/mol. The summed E-state index contributed by atoms with van der Waals surface area (Å²) < 4.78 is 1.27. The maximum atomic E-state index is 12.4. The Morgan fingerprint density at radius 3 is 2.95 bits per heavy atom. The lowest BCUT2D eigenvalue weighted by molar-refractivity contribution is -0.140. The molecule has 1 saturated heterocycles. The molecule has 2 aromatic rings. The molecule has 2 aromatic heterocycles. The van der Waals surface area contributed by atoms with E-state index in [1.165, 1.54) is 33.5 Å². The molecule has 1 amide bonds. The first-order chi connectivity index (χ1) is 10.1. The van der Waals surface area contributed by atoms with Crippen LogP contribution in [0.25, 0.3) is 5.65 Å². The molecule has 0 saturated carbocycles.